The minimum absolute atomic E-state index is 0.130. The molecule has 1 aromatic heterocycles. The van der Waals surface area contributed by atoms with Gasteiger partial charge in [0.1, 0.15) is 23.8 Å². The maximum Gasteiger partial charge on any atom is 0.148 e. The summed E-state index contributed by atoms with van der Waals surface area (Å²) in [6.45, 7) is 0. The highest BCUT2D eigenvalue weighted by molar-refractivity contribution is 9.10. The second-order valence-electron chi connectivity index (χ2n) is 2.21. The fourth-order valence-electron chi connectivity index (χ4n) is 0.815. The highest BCUT2D eigenvalue weighted by atomic mass is 79.9. The number of halogens is 1. The Morgan fingerprint density at radius 1 is 1.21 bits per heavy atom. The van der Waals surface area contributed by atoms with Gasteiger partial charge in [0.25, 0.3) is 0 Å². The predicted octanol–water partition coefficient (Wildman–Crippen LogP) is 2.83. The van der Waals surface area contributed by atoms with Crippen molar-refractivity contribution in [3.8, 4) is 18.2 Å². The van der Waals surface area contributed by atoms with Crippen LogP contribution >= 0.6 is 27.3 Å². The van der Waals surface area contributed by atoms with E-state index in [1.165, 1.54) is 11.3 Å². The lowest BCUT2D eigenvalue weighted by atomic mass is 10.1. The van der Waals surface area contributed by atoms with Crippen LogP contribution in [0.25, 0.3) is 5.57 Å². The first kappa shape index (κ1) is 10.5. The van der Waals surface area contributed by atoms with Crippen molar-refractivity contribution in [3.63, 3.8) is 0 Å². The number of allylic oxidation sites excluding steroid dienone is 2. The number of nitriles is 3. The summed E-state index contributed by atoms with van der Waals surface area (Å²) in [5.41, 5.74) is -0.0208. The van der Waals surface area contributed by atoms with Gasteiger partial charge < -0.3 is 0 Å². The van der Waals surface area contributed by atoms with Crippen molar-refractivity contribution in [2.45, 2.75) is 0 Å². The zero-order chi connectivity index (χ0) is 10.6. The molecule has 0 bridgehead atoms. The highest BCUT2D eigenvalue weighted by Crippen LogP contribution is 2.27. The summed E-state index contributed by atoms with van der Waals surface area (Å²) in [5, 5.41) is 27.8. The van der Waals surface area contributed by atoms with Crippen LogP contribution < -0.4 is 0 Å². The van der Waals surface area contributed by atoms with Gasteiger partial charge in [-0.3, -0.25) is 0 Å². The van der Waals surface area contributed by atoms with Gasteiger partial charge in [0.15, 0.2) is 0 Å². The number of rotatable bonds is 1. The van der Waals surface area contributed by atoms with Gasteiger partial charge in [0.05, 0.1) is 5.57 Å². The Kier molecular flexibility index (Phi) is 3.42. The maximum atomic E-state index is 8.80. The molecule has 0 unspecified atom stereocenters. The van der Waals surface area contributed by atoms with Crippen molar-refractivity contribution in [2.75, 3.05) is 0 Å². The zero-order valence-corrected chi connectivity index (χ0v) is 9.19. The van der Waals surface area contributed by atoms with E-state index in [2.05, 4.69) is 15.9 Å². The molecule has 3 nitrogen and oxygen atoms in total. The number of thiophene rings is 1. The largest absolute Gasteiger partial charge is 0.192 e. The van der Waals surface area contributed by atoms with Crippen molar-refractivity contribution in [1.29, 1.82) is 15.8 Å². The van der Waals surface area contributed by atoms with E-state index in [0.29, 0.717) is 4.88 Å². The first-order valence-electron chi connectivity index (χ1n) is 3.42. The van der Waals surface area contributed by atoms with Crippen LogP contribution in [0.15, 0.2) is 21.5 Å². The highest BCUT2D eigenvalue weighted by Gasteiger charge is 2.10. The number of hydrogen-bond donors (Lipinski definition) is 0. The summed E-state index contributed by atoms with van der Waals surface area (Å²) < 4.78 is 0.834. The molecule has 1 aromatic rings. The van der Waals surface area contributed by atoms with Gasteiger partial charge in [-0.25, -0.2) is 0 Å². The average molecular weight is 264 g/mol. The molecule has 0 fully saturated rings. The Hall–Kier alpha value is -1.61. The zero-order valence-electron chi connectivity index (χ0n) is 6.78. The van der Waals surface area contributed by atoms with Crippen molar-refractivity contribution < 1.29 is 0 Å². The van der Waals surface area contributed by atoms with Crippen LogP contribution in [0.4, 0.5) is 0 Å². The van der Waals surface area contributed by atoms with Gasteiger partial charge in [-0.05, 0) is 22.0 Å². The molecule has 0 radical (unpaired) electrons. The van der Waals surface area contributed by atoms with Crippen LogP contribution in [0.5, 0.6) is 0 Å². The monoisotopic (exact) mass is 263 g/mol. The van der Waals surface area contributed by atoms with Crippen LogP contribution in [-0.2, 0) is 0 Å². The molecule has 14 heavy (non-hydrogen) atoms. The van der Waals surface area contributed by atoms with Gasteiger partial charge in [0, 0.05) is 14.7 Å². The predicted molar refractivity (Wildman–Crippen MR) is 55.8 cm³/mol. The lowest BCUT2D eigenvalue weighted by molar-refractivity contribution is 1.46. The van der Waals surface area contributed by atoms with Crippen LogP contribution in [0.1, 0.15) is 4.88 Å². The van der Waals surface area contributed by atoms with Crippen LogP contribution in [-0.4, -0.2) is 0 Å². The molecule has 0 aliphatic rings. The minimum Gasteiger partial charge on any atom is -0.192 e. The van der Waals surface area contributed by atoms with E-state index in [1.54, 1.807) is 23.6 Å². The van der Waals surface area contributed by atoms with Gasteiger partial charge in [-0.2, -0.15) is 15.8 Å². The smallest absolute Gasteiger partial charge is 0.148 e. The Morgan fingerprint density at radius 3 is 2.21 bits per heavy atom. The SMILES string of the molecule is N#CC(C#N)=C(C#N)c1cc(Br)cs1. The molecule has 1 rings (SSSR count). The van der Waals surface area contributed by atoms with Crippen LogP contribution in [0.3, 0.4) is 0 Å². The van der Waals surface area contributed by atoms with Crippen LogP contribution in [0, 0.1) is 34.0 Å². The topological polar surface area (TPSA) is 71.4 Å². The molecular formula is C9H2BrN3S. The van der Waals surface area contributed by atoms with Gasteiger partial charge in [-0.1, -0.05) is 0 Å². The van der Waals surface area contributed by atoms with Gasteiger partial charge >= 0.3 is 0 Å². The van der Waals surface area contributed by atoms with Crippen molar-refractivity contribution in [3.05, 3.63) is 26.4 Å². The molecule has 0 amide bonds. The van der Waals surface area contributed by atoms with E-state index < -0.39 is 0 Å². The van der Waals surface area contributed by atoms with E-state index in [-0.39, 0.29) is 11.1 Å². The van der Waals surface area contributed by atoms with Crippen molar-refractivity contribution >= 4 is 32.8 Å². The summed E-state index contributed by atoms with van der Waals surface area (Å²) in [6, 6.07) is 6.96. The molecule has 0 aliphatic heterocycles. The Balaban J connectivity index is 3.35. The van der Waals surface area contributed by atoms with Crippen molar-refractivity contribution in [1.82, 2.24) is 0 Å². The van der Waals surface area contributed by atoms with E-state index in [1.807, 2.05) is 6.07 Å². The van der Waals surface area contributed by atoms with Crippen molar-refractivity contribution in [2.24, 2.45) is 0 Å². The average Bonchev–Trinajstić information content (AvgIpc) is 2.60. The Labute approximate surface area is 93.3 Å². The fraction of sp³-hybridized carbons (Fsp3) is 0. The molecular weight excluding hydrogens is 262 g/mol. The Bertz CT molecular complexity index is 491. The molecule has 66 valence electrons. The standard InChI is InChI=1S/C9H2BrN3S/c10-7-1-9(14-5-7)8(4-13)6(2-11)3-12/h1,5H. The number of nitrogens with zero attached hydrogens (tertiary/aromatic N) is 3. The van der Waals surface area contributed by atoms with Crippen LogP contribution in [0.2, 0.25) is 0 Å². The third-order valence-electron chi connectivity index (χ3n) is 1.40. The summed E-state index contributed by atoms with van der Waals surface area (Å²) in [4.78, 5) is 0.623. The summed E-state index contributed by atoms with van der Waals surface area (Å²) >= 11 is 4.55. The van der Waals surface area contributed by atoms with E-state index in [0.717, 1.165) is 4.47 Å². The molecule has 0 aliphatic carbocycles. The van der Waals surface area contributed by atoms with E-state index in [9.17, 15) is 0 Å². The molecule has 0 N–H and O–H groups in total. The fourth-order valence-corrected chi connectivity index (χ4v) is 2.24. The second kappa shape index (κ2) is 4.58. The molecule has 1 heterocycles. The van der Waals surface area contributed by atoms with Gasteiger partial charge in [0.2, 0.25) is 0 Å². The third kappa shape index (κ3) is 2.00. The maximum absolute atomic E-state index is 8.80. The molecule has 0 atom stereocenters. The summed E-state index contributed by atoms with van der Waals surface area (Å²) in [7, 11) is 0. The molecule has 0 spiro atoms. The van der Waals surface area contributed by atoms with E-state index in [4.69, 9.17) is 15.8 Å². The first-order valence-corrected chi connectivity index (χ1v) is 5.09. The molecule has 0 saturated heterocycles. The first-order chi connectivity index (χ1) is 6.72. The second-order valence-corrected chi connectivity index (χ2v) is 4.04. The quantitative estimate of drug-likeness (QED) is 0.732. The summed E-state index contributed by atoms with van der Waals surface area (Å²) in [5.74, 6) is 0. The lowest BCUT2D eigenvalue weighted by Crippen LogP contribution is -1.81. The third-order valence-corrected chi connectivity index (χ3v) is 3.11. The normalized spacial score (nSPS) is 8.14. The molecule has 0 aromatic carbocycles. The van der Waals surface area contributed by atoms with Gasteiger partial charge in [-0.15, -0.1) is 11.3 Å². The minimum atomic E-state index is -0.151. The molecule has 5 heteroatoms. The summed E-state index contributed by atoms with van der Waals surface area (Å²) in [6.07, 6.45) is 0. The van der Waals surface area contributed by atoms with E-state index >= 15 is 0 Å². The lowest BCUT2D eigenvalue weighted by Gasteiger charge is -1.90. The number of hydrogen-bond acceptors (Lipinski definition) is 4. The Morgan fingerprint density at radius 2 is 1.86 bits per heavy atom. The molecule has 0 saturated carbocycles.